The minimum Gasteiger partial charge on any atom is -0.488 e. The molecule has 4 nitrogen and oxygen atoms in total. The fraction of sp³-hybridized carbons (Fsp3) is 0.393. The molecule has 0 heterocycles. The molecule has 0 N–H and O–H groups in total. The van der Waals surface area contributed by atoms with Crippen molar-refractivity contribution in [3.05, 3.63) is 70.7 Å². The topological polar surface area (TPSA) is 44.8 Å². The number of halogens is 1. The average molecular weight is 469 g/mol. The van der Waals surface area contributed by atoms with Gasteiger partial charge in [0, 0.05) is 10.4 Å². The van der Waals surface area contributed by atoms with Crippen molar-refractivity contribution in [2.45, 2.75) is 53.8 Å². The van der Waals surface area contributed by atoms with Crippen LogP contribution in [0, 0.1) is 11.8 Å². The van der Waals surface area contributed by atoms with Crippen LogP contribution in [-0.4, -0.2) is 18.2 Å². The summed E-state index contributed by atoms with van der Waals surface area (Å²) in [7, 11) is 0. The Morgan fingerprint density at radius 3 is 2.24 bits per heavy atom. The fourth-order valence-corrected chi connectivity index (χ4v) is 3.86. The van der Waals surface area contributed by atoms with Gasteiger partial charge < -0.3 is 14.2 Å². The average Bonchev–Trinajstić information content (AvgIpc) is 2.78. The lowest BCUT2D eigenvalue weighted by Gasteiger charge is -2.38. The van der Waals surface area contributed by atoms with E-state index in [9.17, 15) is 4.79 Å². The summed E-state index contributed by atoms with van der Waals surface area (Å²) in [5.41, 5.74) is 0.975. The quantitative estimate of drug-likeness (QED) is 0.302. The normalized spacial score (nSPS) is 11.8. The molecule has 0 aliphatic carbocycles. The van der Waals surface area contributed by atoms with E-state index in [1.54, 1.807) is 6.92 Å². The van der Waals surface area contributed by atoms with Gasteiger partial charge in [0.15, 0.2) is 0 Å². The molecule has 176 valence electrons. The highest BCUT2D eigenvalue weighted by molar-refractivity contribution is 6.30. The summed E-state index contributed by atoms with van der Waals surface area (Å²) in [5.74, 6) is 1.31. The molecule has 0 amide bonds. The maximum absolute atomic E-state index is 12.8. The summed E-state index contributed by atoms with van der Waals surface area (Å²) in [6.07, 6.45) is 0. The van der Waals surface area contributed by atoms with Crippen LogP contribution in [0.5, 0.6) is 11.5 Å². The largest absolute Gasteiger partial charge is 0.488 e. The minimum absolute atomic E-state index is 0.236. The number of benzene rings is 3. The van der Waals surface area contributed by atoms with Gasteiger partial charge in [0.1, 0.15) is 29.3 Å². The predicted molar refractivity (Wildman–Crippen MR) is 134 cm³/mol. The van der Waals surface area contributed by atoms with E-state index in [-0.39, 0.29) is 11.8 Å². The van der Waals surface area contributed by atoms with Crippen molar-refractivity contribution < 1.29 is 19.0 Å². The highest BCUT2D eigenvalue weighted by atomic mass is 35.5. The third kappa shape index (κ3) is 5.62. The molecule has 0 aliphatic rings. The molecular weight excluding hydrogens is 436 g/mol. The molecule has 0 bridgehead atoms. The number of fused-ring (bicyclic) bond motifs is 1. The number of rotatable bonds is 9. The summed E-state index contributed by atoms with van der Waals surface area (Å²) in [6, 6.07) is 17.1. The molecule has 0 fully saturated rings. The zero-order valence-corrected chi connectivity index (χ0v) is 21.0. The Hall–Kier alpha value is -2.72. The second kappa shape index (κ2) is 10.5. The Morgan fingerprint density at radius 1 is 0.970 bits per heavy atom. The summed E-state index contributed by atoms with van der Waals surface area (Å²) >= 11 is 5.99. The minimum atomic E-state index is -0.464. The van der Waals surface area contributed by atoms with Gasteiger partial charge in [-0.3, -0.25) is 0 Å². The SMILES string of the molecule is CCOC(=O)c1cc2cccc(OCc3ccc(Cl)cc3)c2cc1OC(C)(C(C)C)C(C)C. The van der Waals surface area contributed by atoms with Gasteiger partial charge in [-0.15, -0.1) is 0 Å². The first kappa shape index (κ1) is 24.9. The Kier molecular flexibility index (Phi) is 7.91. The Labute approximate surface area is 201 Å². The standard InChI is InChI=1S/C28H33ClO4/c1-7-31-27(30)24-15-21-9-8-10-25(32-17-20-11-13-22(29)14-12-20)23(21)16-26(24)33-28(6,18(2)3)19(4)5/h8-16,18-19H,7,17H2,1-6H3. The third-order valence-corrected chi connectivity index (χ3v) is 6.62. The second-order valence-corrected chi connectivity index (χ2v) is 9.49. The summed E-state index contributed by atoms with van der Waals surface area (Å²) in [6.45, 7) is 13.1. The lowest BCUT2D eigenvalue weighted by Crippen LogP contribution is -2.43. The van der Waals surface area contributed by atoms with E-state index in [4.69, 9.17) is 25.8 Å². The smallest absolute Gasteiger partial charge is 0.341 e. The second-order valence-electron chi connectivity index (χ2n) is 9.06. The summed E-state index contributed by atoms with van der Waals surface area (Å²) in [4.78, 5) is 12.8. The molecule has 0 radical (unpaired) electrons. The molecule has 0 saturated carbocycles. The van der Waals surface area contributed by atoms with Gasteiger partial charge in [-0.25, -0.2) is 4.79 Å². The van der Waals surface area contributed by atoms with Crippen LogP contribution in [0.3, 0.4) is 0 Å². The van der Waals surface area contributed by atoms with Crippen LogP contribution in [-0.2, 0) is 11.3 Å². The number of hydrogen-bond donors (Lipinski definition) is 0. The molecule has 33 heavy (non-hydrogen) atoms. The number of esters is 1. The number of carbonyl (C=O) groups is 1. The van der Waals surface area contributed by atoms with Gasteiger partial charge in [-0.05, 0) is 67.0 Å². The van der Waals surface area contributed by atoms with Gasteiger partial charge in [0.05, 0.1) is 6.61 Å². The molecule has 0 atom stereocenters. The van der Waals surface area contributed by atoms with E-state index in [0.29, 0.717) is 29.5 Å². The Balaban J connectivity index is 2.06. The molecule has 3 aromatic carbocycles. The van der Waals surface area contributed by atoms with E-state index in [1.807, 2.05) is 54.6 Å². The van der Waals surface area contributed by atoms with Crippen LogP contribution < -0.4 is 9.47 Å². The molecule has 0 spiro atoms. The van der Waals surface area contributed by atoms with Crippen LogP contribution in [0.25, 0.3) is 10.8 Å². The van der Waals surface area contributed by atoms with E-state index in [0.717, 1.165) is 22.1 Å². The zero-order chi connectivity index (χ0) is 24.2. The van der Waals surface area contributed by atoms with Crippen molar-refractivity contribution in [1.82, 2.24) is 0 Å². The van der Waals surface area contributed by atoms with E-state index in [2.05, 4.69) is 34.6 Å². The maximum Gasteiger partial charge on any atom is 0.341 e. The molecule has 3 rings (SSSR count). The van der Waals surface area contributed by atoms with Gasteiger partial charge in [-0.1, -0.05) is 63.6 Å². The van der Waals surface area contributed by atoms with Crippen LogP contribution >= 0.6 is 11.6 Å². The highest BCUT2D eigenvalue weighted by Gasteiger charge is 2.35. The van der Waals surface area contributed by atoms with Crippen LogP contribution in [0.15, 0.2) is 54.6 Å². The Bertz CT molecular complexity index is 1090. The van der Waals surface area contributed by atoms with Gasteiger partial charge in [-0.2, -0.15) is 0 Å². The summed E-state index contributed by atoms with van der Waals surface area (Å²) in [5, 5.41) is 2.45. The maximum atomic E-state index is 12.8. The van der Waals surface area contributed by atoms with E-state index < -0.39 is 11.6 Å². The summed E-state index contributed by atoms with van der Waals surface area (Å²) < 4.78 is 18.1. The molecular formula is C28H33ClO4. The number of carbonyl (C=O) groups excluding carboxylic acids is 1. The lowest BCUT2D eigenvalue weighted by atomic mass is 9.82. The van der Waals surface area contributed by atoms with E-state index in [1.165, 1.54) is 0 Å². The first-order chi connectivity index (χ1) is 15.7. The highest BCUT2D eigenvalue weighted by Crippen LogP contribution is 2.38. The molecule has 3 aromatic rings. The fourth-order valence-electron chi connectivity index (χ4n) is 3.74. The van der Waals surface area contributed by atoms with Crippen molar-refractivity contribution in [2.24, 2.45) is 11.8 Å². The number of hydrogen-bond acceptors (Lipinski definition) is 4. The van der Waals surface area contributed by atoms with Crippen LogP contribution in [0.2, 0.25) is 5.02 Å². The first-order valence-corrected chi connectivity index (χ1v) is 11.8. The molecule has 0 aliphatic heterocycles. The van der Waals surface area contributed by atoms with Gasteiger partial charge in [0.25, 0.3) is 0 Å². The van der Waals surface area contributed by atoms with Crippen molar-refractivity contribution in [1.29, 1.82) is 0 Å². The first-order valence-electron chi connectivity index (χ1n) is 11.5. The predicted octanol–water partition coefficient (Wildman–Crippen LogP) is 7.70. The van der Waals surface area contributed by atoms with Crippen molar-refractivity contribution >= 4 is 28.3 Å². The number of ether oxygens (including phenoxy) is 3. The van der Waals surface area contributed by atoms with Crippen LogP contribution in [0.4, 0.5) is 0 Å². The van der Waals surface area contributed by atoms with Gasteiger partial charge >= 0.3 is 5.97 Å². The van der Waals surface area contributed by atoms with Crippen molar-refractivity contribution in [3.8, 4) is 11.5 Å². The monoisotopic (exact) mass is 468 g/mol. The molecule has 5 heteroatoms. The molecule has 0 saturated heterocycles. The zero-order valence-electron chi connectivity index (χ0n) is 20.3. The van der Waals surface area contributed by atoms with Crippen LogP contribution in [0.1, 0.15) is 57.5 Å². The van der Waals surface area contributed by atoms with Crippen molar-refractivity contribution in [3.63, 3.8) is 0 Å². The third-order valence-electron chi connectivity index (χ3n) is 6.37. The van der Waals surface area contributed by atoms with E-state index >= 15 is 0 Å². The van der Waals surface area contributed by atoms with Crippen molar-refractivity contribution in [2.75, 3.05) is 6.61 Å². The molecule has 0 unspecified atom stereocenters. The molecule has 0 aromatic heterocycles. The van der Waals surface area contributed by atoms with Gasteiger partial charge in [0.2, 0.25) is 0 Å². The Morgan fingerprint density at radius 2 is 1.64 bits per heavy atom. The lowest BCUT2D eigenvalue weighted by molar-refractivity contribution is -0.00466.